The summed E-state index contributed by atoms with van der Waals surface area (Å²) in [4.78, 5) is 11.9. The van der Waals surface area contributed by atoms with E-state index in [-0.39, 0.29) is 31.4 Å². The van der Waals surface area contributed by atoms with E-state index >= 15 is 0 Å². The van der Waals surface area contributed by atoms with Crippen molar-refractivity contribution in [2.24, 2.45) is 5.92 Å². The van der Waals surface area contributed by atoms with Crippen LogP contribution in [0.3, 0.4) is 0 Å². The Kier molecular flexibility index (Phi) is 3.87. The Bertz CT molecular complexity index is 523. The first-order valence-corrected chi connectivity index (χ1v) is 6.22. The number of carbonyl (C=O) groups is 1. The third-order valence-electron chi connectivity index (χ3n) is 3.46. The number of carbonyl (C=O) groups excluding carboxylic acids is 1. The number of anilines is 2. The summed E-state index contributed by atoms with van der Waals surface area (Å²) >= 11 is 0. The predicted octanol–water partition coefficient (Wildman–Crippen LogP) is 3.31. The summed E-state index contributed by atoms with van der Waals surface area (Å²) in [5.74, 6) is -6.39. The van der Waals surface area contributed by atoms with Crippen LogP contribution in [0, 0.1) is 17.6 Å². The summed E-state index contributed by atoms with van der Waals surface area (Å²) in [6, 6.07) is 1.98. The normalized spacial score (nSPS) is 18.8. The van der Waals surface area contributed by atoms with Crippen molar-refractivity contribution in [2.75, 3.05) is 11.1 Å². The summed E-state index contributed by atoms with van der Waals surface area (Å²) in [5.41, 5.74) is 4.92. The summed E-state index contributed by atoms with van der Waals surface area (Å²) in [7, 11) is 0. The summed E-state index contributed by atoms with van der Waals surface area (Å²) < 4.78 is 52.6. The van der Waals surface area contributed by atoms with Gasteiger partial charge in [0, 0.05) is 18.8 Å². The maximum Gasteiger partial charge on any atom is 0.248 e. The Labute approximate surface area is 113 Å². The fourth-order valence-corrected chi connectivity index (χ4v) is 2.22. The molecule has 1 aromatic carbocycles. The minimum Gasteiger partial charge on any atom is -0.397 e. The molecule has 0 spiro atoms. The monoisotopic (exact) mass is 290 g/mol. The van der Waals surface area contributed by atoms with Crippen molar-refractivity contribution in [3.8, 4) is 0 Å². The number of nitrogens with one attached hydrogen (secondary N) is 1. The number of nitrogens with two attached hydrogens (primary N) is 1. The molecule has 3 nitrogen and oxygen atoms in total. The summed E-state index contributed by atoms with van der Waals surface area (Å²) in [5, 5.41) is 2.19. The smallest absolute Gasteiger partial charge is 0.248 e. The summed E-state index contributed by atoms with van der Waals surface area (Å²) in [6.07, 6.45) is -0.746. The third-order valence-corrected chi connectivity index (χ3v) is 3.46. The minimum atomic E-state index is -2.75. The fourth-order valence-electron chi connectivity index (χ4n) is 2.22. The molecule has 0 radical (unpaired) electrons. The van der Waals surface area contributed by atoms with Gasteiger partial charge in [0.2, 0.25) is 11.8 Å². The van der Waals surface area contributed by atoms with E-state index < -0.39 is 35.1 Å². The van der Waals surface area contributed by atoms with Crippen LogP contribution in [0.25, 0.3) is 0 Å². The molecule has 110 valence electrons. The van der Waals surface area contributed by atoms with E-state index in [9.17, 15) is 22.4 Å². The molecule has 0 aliphatic heterocycles. The number of nitrogen functional groups attached to an aromatic ring is 1. The van der Waals surface area contributed by atoms with Crippen molar-refractivity contribution in [3.05, 3.63) is 23.8 Å². The van der Waals surface area contributed by atoms with E-state index in [1.54, 1.807) is 0 Å². The van der Waals surface area contributed by atoms with Crippen molar-refractivity contribution in [1.82, 2.24) is 0 Å². The van der Waals surface area contributed by atoms with E-state index in [0.717, 1.165) is 12.1 Å². The molecule has 1 saturated carbocycles. The Morgan fingerprint density at radius 3 is 2.45 bits per heavy atom. The molecule has 1 aliphatic carbocycles. The Hall–Kier alpha value is -1.79. The first-order valence-electron chi connectivity index (χ1n) is 6.22. The molecule has 0 atom stereocenters. The lowest BCUT2D eigenvalue weighted by molar-refractivity contribution is -0.124. The maximum atomic E-state index is 13.5. The summed E-state index contributed by atoms with van der Waals surface area (Å²) in [6.45, 7) is 0. The van der Waals surface area contributed by atoms with Gasteiger partial charge in [0.25, 0.3) is 0 Å². The molecule has 0 bridgehead atoms. The number of benzene rings is 1. The van der Waals surface area contributed by atoms with E-state index in [2.05, 4.69) is 5.32 Å². The average Bonchev–Trinajstić information content (AvgIpc) is 2.39. The van der Waals surface area contributed by atoms with Crippen LogP contribution < -0.4 is 11.1 Å². The van der Waals surface area contributed by atoms with E-state index in [0.29, 0.717) is 0 Å². The van der Waals surface area contributed by atoms with Crippen molar-refractivity contribution in [3.63, 3.8) is 0 Å². The van der Waals surface area contributed by atoms with Gasteiger partial charge in [0.1, 0.15) is 5.69 Å². The molecule has 20 heavy (non-hydrogen) atoms. The van der Waals surface area contributed by atoms with Crippen molar-refractivity contribution < 1.29 is 22.4 Å². The van der Waals surface area contributed by atoms with Crippen LogP contribution in [0.5, 0.6) is 0 Å². The van der Waals surface area contributed by atoms with Gasteiger partial charge in [-0.2, -0.15) is 0 Å². The maximum absolute atomic E-state index is 13.5. The molecule has 3 N–H and O–H groups in total. The van der Waals surface area contributed by atoms with E-state index in [1.807, 2.05) is 0 Å². The SMILES string of the molecule is Nc1ccc(F)c(F)c1NC(=O)C1CCC(F)(F)CC1. The van der Waals surface area contributed by atoms with Gasteiger partial charge in [0.05, 0.1) is 5.69 Å². The van der Waals surface area contributed by atoms with Gasteiger partial charge in [-0.1, -0.05) is 0 Å². The molecule has 0 unspecified atom stereocenters. The lowest BCUT2D eigenvalue weighted by Crippen LogP contribution is -2.32. The van der Waals surface area contributed by atoms with Crippen LogP contribution in [-0.2, 0) is 4.79 Å². The van der Waals surface area contributed by atoms with Crippen LogP contribution in [0.15, 0.2) is 12.1 Å². The lowest BCUT2D eigenvalue weighted by Gasteiger charge is -2.27. The third kappa shape index (κ3) is 3.02. The zero-order valence-electron chi connectivity index (χ0n) is 10.6. The highest BCUT2D eigenvalue weighted by Crippen LogP contribution is 2.37. The molecule has 1 aromatic rings. The van der Waals surface area contributed by atoms with Crippen molar-refractivity contribution >= 4 is 17.3 Å². The predicted molar refractivity (Wildman–Crippen MR) is 66.3 cm³/mol. The molecule has 0 aromatic heterocycles. The number of hydrogen-bond donors (Lipinski definition) is 2. The topological polar surface area (TPSA) is 55.1 Å². The van der Waals surface area contributed by atoms with Crippen molar-refractivity contribution in [1.29, 1.82) is 0 Å². The van der Waals surface area contributed by atoms with Gasteiger partial charge in [-0.25, -0.2) is 17.6 Å². The Balaban J connectivity index is 2.08. The molecular formula is C13H14F4N2O. The first-order chi connectivity index (χ1) is 9.30. The number of rotatable bonds is 2. The van der Waals surface area contributed by atoms with Crippen LogP contribution in [0.2, 0.25) is 0 Å². The number of amides is 1. The second-order valence-corrected chi connectivity index (χ2v) is 4.95. The highest BCUT2D eigenvalue weighted by atomic mass is 19.3. The zero-order chi connectivity index (χ0) is 14.9. The second kappa shape index (κ2) is 5.30. The standard InChI is InChI=1S/C13H14F4N2O/c14-8-1-2-9(18)11(10(8)15)19-12(20)7-3-5-13(16,17)6-4-7/h1-2,7H,3-6,18H2,(H,19,20). The molecule has 1 aliphatic rings. The average molecular weight is 290 g/mol. The van der Waals surface area contributed by atoms with Crippen LogP contribution >= 0.6 is 0 Å². The van der Waals surface area contributed by atoms with E-state index in [4.69, 9.17) is 5.73 Å². The minimum absolute atomic E-state index is 0.00960. The number of alkyl halides is 2. The Morgan fingerprint density at radius 1 is 1.25 bits per heavy atom. The quantitative estimate of drug-likeness (QED) is 0.648. The van der Waals surface area contributed by atoms with Gasteiger partial charge in [-0.15, -0.1) is 0 Å². The van der Waals surface area contributed by atoms with Crippen LogP contribution in [0.4, 0.5) is 28.9 Å². The molecule has 1 fully saturated rings. The molecule has 2 rings (SSSR count). The van der Waals surface area contributed by atoms with Gasteiger partial charge in [-0.05, 0) is 25.0 Å². The first kappa shape index (κ1) is 14.6. The zero-order valence-corrected chi connectivity index (χ0v) is 10.6. The molecule has 0 saturated heterocycles. The Morgan fingerprint density at radius 2 is 1.85 bits per heavy atom. The largest absolute Gasteiger partial charge is 0.397 e. The van der Waals surface area contributed by atoms with Gasteiger partial charge in [-0.3, -0.25) is 4.79 Å². The fraction of sp³-hybridized carbons (Fsp3) is 0.462. The van der Waals surface area contributed by atoms with E-state index in [1.165, 1.54) is 0 Å². The molecule has 0 heterocycles. The highest BCUT2D eigenvalue weighted by Gasteiger charge is 2.37. The second-order valence-electron chi connectivity index (χ2n) is 4.95. The number of hydrogen-bond acceptors (Lipinski definition) is 2. The van der Waals surface area contributed by atoms with Gasteiger partial charge < -0.3 is 11.1 Å². The molecule has 1 amide bonds. The van der Waals surface area contributed by atoms with Crippen molar-refractivity contribution in [2.45, 2.75) is 31.6 Å². The van der Waals surface area contributed by atoms with Gasteiger partial charge >= 0.3 is 0 Å². The number of halogens is 4. The van der Waals surface area contributed by atoms with Gasteiger partial charge in [0.15, 0.2) is 11.6 Å². The molecule has 7 heteroatoms. The lowest BCUT2D eigenvalue weighted by atomic mass is 9.86. The van der Waals surface area contributed by atoms with Crippen LogP contribution in [0.1, 0.15) is 25.7 Å². The van der Waals surface area contributed by atoms with Crippen LogP contribution in [-0.4, -0.2) is 11.8 Å². The highest BCUT2D eigenvalue weighted by molar-refractivity contribution is 5.95. The molecular weight excluding hydrogens is 276 g/mol.